The van der Waals surface area contributed by atoms with Crippen LogP contribution >= 0.6 is 15.9 Å². The van der Waals surface area contributed by atoms with Gasteiger partial charge in [-0.25, -0.2) is 4.79 Å². The number of urea groups is 1. The van der Waals surface area contributed by atoms with Crippen LogP contribution in [0.2, 0.25) is 0 Å². The molecular formula is C14H21BrN2O3. The Morgan fingerprint density at radius 2 is 2.15 bits per heavy atom. The number of hydrogen-bond acceptors (Lipinski definition) is 3. The number of carbonyl (C=O) groups is 1. The maximum Gasteiger partial charge on any atom is 0.319 e. The number of methoxy groups -OCH3 is 1. The second kappa shape index (κ2) is 8.81. The normalized spacial score (nSPS) is 10.2. The van der Waals surface area contributed by atoms with Crippen molar-refractivity contribution >= 4 is 27.6 Å². The molecule has 1 rings (SSSR count). The Bertz CT molecular complexity index is 452. The molecule has 0 atom stereocenters. The molecule has 0 spiro atoms. The molecule has 0 saturated heterocycles. The maximum absolute atomic E-state index is 11.8. The van der Waals surface area contributed by atoms with E-state index in [0.29, 0.717) is 31.2 Å². The van der Waals surface area contributed by atoms with Crippen molar-refractivity contribution in [3.63, 3.8) is 0 Å². The van der Waals surface area contributed by atoms with Gasteiger partial charge in [0, 0.05) is 24.2 Å². The molecule has 0 aromatic heterocycles. The molecule has 2 N–H and O–H groups in total. The fourth-order valence-corrected chi connectivity index (χ4v) is 2.26. The van der Waals surface area contributed by atoms with Crippen molar-refractivity contribution in [1.82, 2.24) is 5.32 Å². The third-order valence-corrected chi connectivity index (χ3v) is 3.14. The summed E-state index contributed by atoms with van der Waals surface area (Å²) in [6.07, 6.45) is 0.789. The summed E-state index contributed by atoms with van der Waals surface area (Å²) in [5, 5.41) is 5.60. The van der Waals surface area contributed by atoms with E-state index in [1.54, 1.807) is 7.11 Å². The molecule has 6 heteroatoms. The first-order valence-electron chi connectivity index (χ1n) is 6.55. The number of aryl methyl sites for hydroxylation is 1. The number of halogens is 1. The Morgan fingerprint density at radius 1 is 1.40 bits per heavy atom. The van der Waals surface area contributed by atoms with E-state index in [9.17, 15) is 4.79 Å². The second-order valence-electron chi connectivity index (χ2n) is 4.23. The minimum atomic E-state index is -0.245. The fourth-order valence-electron chi connectivity index (χ4n) is 1.71. The summed E-state index contributed by atoms with van der Waals surface area (Å²) in [5.41, 5.74) is 1.61. The van der Waals surface area contributed by atoms with E-state index >= 15 is 0 Å². The summed E-state index contributed by atoms with van der Waals surface area (Å²) < 4.78 is 11.4. The average Bonchev–Trinajstić information content (AvgIpc) is 2.41. The van der Waals surface area contributed by atoms with Crippen LogP contribution in [0.5, 0.6) is 5.75 Å². The Morgan fingerprint density at radius 3 is 2.80 bits per heavy atom. The van der Waals surface area contributed by atoms with Crippen molar-refractivity contribution in [3.8, 4) is 5.75 Å². The number of benzene rings is 1. The third kappa shape index (κ3) is 5.38. The Kier molecular flexibility index (Phi) is 7.40. The highest BCUT2D eigenvalue weighted by Crippen LogP contribution is 2.31. The van der Waals surface area contributed by atoms with Gasteiger partial charge in [0.1, 0.15) is 5.75 Å². The lowest BCUT2D eigenvalue weighted by Crippen LogP contribution is -2.30. The van der Waals surface area contributed by atoms with Crippen LogP contribution in [0.4, 0.5) is 10.5 Å². The van der Waals surface area contributed by atoms with Gasteiger partial charge in [-0.05, 0) is 38.0 Å². The SMILES string of the molecule is CCOCCCNC(=O)Nc1c(C)cc(Br)cc1OC. The first kappa shape index (κ1) is 16.8. The number of carbonyl (C=O) groups excluding carboxylic acids is 1. The standard InChI is InChI=1S/C14H21BrN2O3/c1-4-20-7-5-6-16-14(18)17-13-10(2)8-11(15)9-12(13)19-3/h8-9H,4-7H2,1-3H3,(H2,16,17,18). The molecule has 0 aliphatic carbocycles. The monoisotopic (exact) mass is 344 g/mol. The summed E-state index contributed by atoms with van der Waals surface area (Å²) >= 11 is 3.40. The van der Waals surface area contributed by atoms with Gasteiger partial charge in [0.05, 0.1) is 12.8 Å². The van der Waals surface area contributed by atoms with Crippen LogP contribution in [0.1, 0.15) is 18.9 Å². The van der Waals surface area contributed by atoms with Crippen molar-refractivity contribution in [2.24, 2.45) is 0 Å². The second-order valence-corrected chi connectivity index (χ2v) is 5.15. The fraction of sp³-hybridized carbons (Fsp3) is 0.500. The lowest BCUT2D eigenvalue weighted by atomic mass is 10.2. The van der Waals surface area contributed by atoms with Crippen LogP contribution < -0.4 is 15.4 Å². The predicted octanol–water partition coefficient (Wildman–Crippen LogP) is 3.31. The van der Waals surface area contributed by atoms with E-state index < -0.39 is 0 Å². The van der Waals surface area contributed by atoms with Gasteiger partial charge in [-0.1, -0.05) is 15.9 Å². The van der Waals surface area contributed by atoms with Crippen molar-refractivity contribution in [2.45, 2.75) is 20.3 Å². The van der Waals surface area contributed by atoms with Gasteiger partial charge in [-0.3, -0.25) is 0 Å². The summed E-state index contributed by atoms with van der Waals surface area (Å²) in [7, 11) is 1.58. The molecule has 1 aromatic carbocycles. The van der Waals surface area contributed by atoms with Gasteiger partial charge in [-0.15, -0.1) is 0 Å². The highest BCUT2D eigenvalue weighted by Gasteiger charge is 2.11. The van der Waals surface area contributed by atoms with E-state index in [4.69, 9.17) is 9.47 Å². The van der Waals surface area contributed by atoms with E-state index in [1.807, 2.05) is 26.0 Å². The van der Waals surface area contributed by atoms with Gasteiger partial charge in [-0.2, -0.15) is 0 Å². The first-order valence-corrected chi connectivity index (χ1v) is 7.34. The van der Waals surface area contributed by atoms with Gasteiger partial charge in [0.15, 0.2) is 0 Å². The highest BCUT2D eigenvalue weighted by molar-refractivity contribution is 9.10. The maximum atomic E-state index is 11.8. The quantitative estimate of drug-likeness (QED) is 0.746. The number of amides is 2. The van der Waals surface area contributed by atoms with E-state index in [2.05, 4.69) is 26.6 Å². The topological polar surface area (TPSA) is 59.6 Å². The van der Waals surface area contributed by atoms with Crippen LogP contribution in [0.25, 0.3) is 0 Å². The Hall–Kier alpha value is -1.27. The largest absolute Gasteiger partial charge is 0.495 e. The van der Waals surface area contributed by atoms with E-state index in [-0.39, 0.29) is 6.03 Å². The zero-order valence-electron chi connectivity index (χ0n) is 12.1. The molecule has 0 saturated carbocycles. The van der Waals surface area contributed by atoms with Crippen LogP contribution in [0.15, 0.2) is 16.6 Å². The first-order chi connectivity index (χ1) is 9.58. The van der Waals surface area contributed by atoms with Gasteiger partial charge in [0.25, 0.3) is 0 Å². The molecule has 0 unspecified atom stereocenters. The Labute approximate surface area is 128 Å². The van der Waals surface area contributed by atoms with Gasteiger partial charge >= 0.3 is 6.03 Å². The molecule has 112 valence electrons. The molecule has 2 amide bonds. The van der Waals surface area contributed by atoms with Crippen LogP contribution in [-0.2, 0) is 4.74 Å². The number of nitrogens with one attached hydrogen (secondary N) is 2. The molecular weight excluding hydrogens is 324 g/mol. The summed E-state index contributed by atoms with van der Waals surface area (Å²) in [5.74, 6) is 0.626. The molecule has 0 radical (unpaired) electrons. The van der Waals surface area contributed by atoms with E-state index in [0.717, 1.165) is 16.5 Å². The van der Waals surface area contributed by atoms with Gasteiger partial charge < -0.3 is 20.1 Å². The summed E-state index contributed by atoms with van der Waals surface area (Å²) in [6, 6.07) is 3.50. The third-order valence-electron chi connectivity index (χ3n) is 2.68. The Balaban J connectivity index is 2.53. The molecule has 20 heavy (non-hydrogen) atoms. The molecule has 0 fully saturated rings. The predicted molar refractivity (Wildman–Crippen MR) is 83.6 cm³/mol. The minimum Gasteiger partial charge on any atom is -0.495 e. The van der Waals surface area contributed by atoms with E-state index in [1.165, 1.54) is 0 Å². The number of hydrogen-bond donors (Lipinski definition) is 2. The molecule has 1 aromatic rings. The molecule has 0 aliphatic rings. The lowest BCUT2D eigenvalue weighted by molar-refractivity contribution is 0.145. The van der Waals surface area contributed by atoms with Crippen molar-refractivity contribution < 1.29 is 14.3 Å². The molecule has 0 aliphatic heterocycles. The molecule has 0 bridgehead atoms. The smallest absolute Gasteiger partial charge is 0.319 e. The van der Waals surface area contributed by atoms with Crippen LogP contribution in [0.3, 0.4) is 0 Å². The highest BCUT2D eigenvalue weighted by atomic mass is 79.9. The molecule has 0 heterocycles. The number of rotatable bonds is 7. The zero-order chi connectivity index (χ0) is 15.0. The number of anilines is 1. The van der Waals surface area contributed by atoms with Crippen molar-refractivity contribution in [3.05, 3.63) is 22.2 Å². The zero-order valence-corrected chi connectivity index (χ0v) is 13.7. The minimum absolute atomic E-state index is 0.245. The summed E-state index contributed by atoms with van der Waals surface area (Å²) in [6.45, 7) is 5.78. The molecule has 5 nitrogen and oxygen atoms in total. The number of ether oxygens (including phenoxy) is 2. The van der Waals surface area contributed by atoms with Crippen LogP contribution in [0, 0.1) is 6.92 Å². The van der Waals surface area contributed by atoms with Crippen molar-refractivity contribution in [1.29, 1.82) is 0 Å². The van der Waals surface area contributed by atoms with Crippen molar-refractivity contribution in [2.75, 3.05) is 32.2 Å². The lowest BCUT2D eigenvalue weighted by Gasteiger charge is -2.14. The van der Waals surface area contributed by atoms with Gasteiger partial charge in [0.2, 0.25) is 0 Å². The summed E-state index contributed by atoms with van der Waals surface area (Å²) in [4.78, 5) is 11.8. The average molecular weight is 345 g/mol. The van der Waals surface area contributed by atoms with Crippen LogP contribution in [-0.4, -0.2) is 32.9 Å².